The Kier molecular flexibility index (Phi) is 8.23. The van der Waals surface area contributed by atoms with Gasteiger partial charge in [0.25, 0.3) is 5.91 Å². The van der Waals surface area contributed by atoms with Crippen molar-refractivity contribution in [3.63, 3.8) is 0 Å². The van der Waals surface area contributed by atoms with Crippen molar-refractivity contribution in [3.05, 3.63) is 57.7 Å². The highest BCUT2D eigenvalue weighted by Gasteiger charge is 2.35. The molecule has 0 fully saturated rings. The summed E-state index contributed by atoms with van der Waals surface area (Å²) in [4.78, 5) is 12.5. The normalized spacial score (nSPS) is 12.0. The molecular weight excluding hydrogens is 544 g/mol. The molecule has 0 saturated carbocycles. The molecule has 0 saturated heterocycles. The van der Waals surface area contributed by atoms with Crippen molar-refractivity contribution >= 4 is 86.3 Å². The predicted octanol–water partition coefficient (Wildman–Crippen LogP) is 4.71. The Morgan fingerprint density at radius 3 is 2.41 bits per heavy atom. The number of anilines is 1. The fraction of sp³-hybridized carbons (Fsp3) is 0.176. The zero-order chi connectivity index (χ0) is 20.0. The van der Waals surface area contributed by atoms with Crippen LogP contribution < -0.4 is 20.7 Å². The first-order chi connectivity index (χ1) is 12.7. The molecule has 0 heterocycles. The van der Waals surface area contributed by atoms with Gasteiger partial charge in [-0.3, -0.25) is 4.79 Å². The van der Waals surface area contributed by atoms with Gasteiger partial charge in [-0.25, -0.2) is 0 Å². The molecule has 0 aromatic heterocycles. The van der Waals surface area contributed by atoms with Gasteiger partial charge in [-0.1, -0.05) is 40.9 Å². The van der Waals surface area contributed by atoms with Crippen molar-refractivity contribution in [1.29, 1.82) is 0 Å². The number of rotatable bonds is 5. The summed E-state index contributed by atoms with van der Waals surface area (Å²) in [6.07, 6.45) is -1.06. The number of alkyl halides is 3. The molecule has 144 valence electrons. The molecule has 2 rings (SSSR count). The molecule has 2 aromatic carbocycles. The molecule has 5 nitrogen and oxygen atoms in total. The smallest absolute Gasteiger partial charge is 0.253 e. The molecule has 27 heavy (non-hydrogen) atoms. The van der Waals surface area contributed by atoms with Crippen molar-refractivity contribution in [2.45, 2.75) is 9.96 Å². The lowest BCUT2D eigenvalue weighted by atomic mass is 10.2. The highest BCUT2D eigenvalue weighted by molar-refractivity contribution is 14.1. The Balaban J connectivity index is 2.07. The lowest BCUT2D eigenvalue weighted by Gasteiger charge is -2.27. The number of hydrogen-bond acceptors (Lipinski definition) is 3. The van der Waals surface area contributed by atoms with Gasteiger partial charge < -0.3 is 20.7 Å². The van der Waals surface area contributed by atoms with E-state index in [-0.39, 0.29) is 5.11 Å². The first-order valence-corrected chi connectivity index (χ1v) is 10.2. The number of ether oxygens (including phenoxy) is 1. The fourth-order valence-corrected chi connectivity index (χ4v) is 2.93. The van der Waals surface area contributed by atoms with Crippen LogP contribution in [0.2, 0.25) is 0 Å². The van der Waals surface area contributed by atoms with E-state index in [4.69, 9.17) is 51.8 Å². The Morgan fingerprint density at radius 2 is 1.81 bits per heavy atom. The van der Waals surface area contributed by atoms with Gasteiger partial charge in [-0.2, -0.15) is 0 Å². The first kappa shape index (κ1) is 22.3. The summed E-state index contributed by atoms with van der Waals surface area (Å²) < 4.78 is 4.36. The molecule has 1 atom stereocenters. The highest BCUT2D eigenvalue weighted by Crippen LogP contribution is 2.29. The Labute approximate surface area is 191 Å². The van der Waals surface area contributed by atoms with E-state index in [1.807, 2.05) is 24.3 Å². The summed E-state index contributed by atoms with van der Waals surface area (Å²) in [5.74, 6) is 0.0896. The van der Waals surface area contributed by atoms with Crippen molar-refractivity contribution in [3.8, 4) is 5.75 Å². The van der Waals surface area contributed by atoms with Crippen molar-refractivity contribution < 1.29 is 9.53 Å². The lowest BCUT2D eigenvalue weighted by molar-refractivity contribution is 0.0934. The van der Waals surface area contributed by atoms with Crippen molar-refractivity contribution in [1.82, 2.24) is 10.6 Å². The number of hydrogen-bond donors (Lipinski definition) is 3. The molecule has 10 heteroatoms. The summed E-state index contributed by atoms with van der Waals surface area (Å²) in [5, 5.41) is 8.59. The van der Waals surface area contributed by atoms with E-state index in [1.165, 1.54) is 7.11 Å². The number of methoxy groups -OCH3 is 1. The van der Waals surface area contributed by atoms with Crippen molar-refractivity contribution in [2.24, 2.45) is 0 Å². The summed E-state index contributed by atoms with van der Waals surface area (Å²) in [6, 6.07) is 14.2. The summed E-state index contributed by atoms with van der Waals surface area (Å²) in [6.45, 7) is 0. The van der Waals surface area contributed by atoms with Gasteiger partial charge in [0.15, 0.2) is 5.11 Å². The van der Waals surface area contributed by atoms with Crippen LogP contribution in [-0.2, 0) is 0 Å². The lowest BCUT2D eigenvalue weighted by Crippen LogP contribution is -2.56. The summed E-state index contributed by atoms with van der Waals surface area (Å²) in [5.41, 5.74) is 1.11. The molecule has 1 amide bonds. The topological polar surface area (TPSA) is 62.4 Å². The third-order valence-electron chi connectivity index (χ3n) is 3.31. The Bertz CT molecular complexity index is 816. The van der Waals surface area contributed by atoms with Crippen LogP contribution in [-0.4, -0.2) is 28.1 Å². The molecule has 0 radical (unpaired) electrons. The SMILES string of the molecule is COc1cccc(C(=O)NC(NC(=S)Nc2ccc(I)cc2)C(Cl)(Cl)Cl)c1. The zero-order valence-corrected chi connectivity index (χ0v) is 19.2. The second kappa shape index (κ2) is 9.97. The van der Waals surface area contributed by atoms with Crippen LogP contribution in [0.5, 0.6) is 5.75 Å². The van der Waals surface area contributed by atoms with Crippen LogP contribution in [0.25, 0.3) is 0 Å². The minimum absolute atomic E-state index is 0.193. The molecule has 0 spiro atoms. The number of carbonyl (C=O) groups excluding carboxylic acids is 1. The maximum Gasteiger partial charge on any atom is 0.253 e. The van der Waals surface area contributed by atoms with Crippen LogP contribution in [0.1, 0.15) is 10.4 Å². The quantitative estimate of drug-likeness (QED) is 0.215. The van der Waals surface area contributed by atoms with E-state index in [1.54, 1.807) is 24.3 Å². The van der Waals surface area contributed by atoms with E-state index >= 15 is 0 Å². The molecular formula is C17H15Cl3IN3O2S. The number of benzene rings is 2. The minimum atomic E-state index is -1.84. The average molecular weight is 559 g/mol. The number of thiocarbonyl (C=S) groups is 1. The Morgan fingerprint density at radius 1 is 1.15 bits per heavy atom. The van der Waals surface area contributed by atoms with E-state index in [0.717, 1.165) is 9.26 Å². The molecule has 3 N–H and O–H groups in total. The summed E-state index contributed by atoms with van der Waals surface area (Å²) in [7, 11) is 1.51. The van der Waals surface area contributed by atoms with Gasteiger partial charge in [0, 0.05) is 14.8 Å². The van der Waals surface area contributed by atoms with Gasteiger partial charge in [0.2, 0.25) is 3.79 Å². The maximum absolute atomic E-state index is 12.5. The highest BCUT2D eigenvalue weighted by atomic mass is 127. The average Bonchev–Trinajstić information content (AvgIpc) is 2.62. The minimum Gasteiger partial charge on any atom is -0.497 e. The maximum atomic E-state index is 12.5. The van der Waals surface area contributed by atoms with Gasteiger partial charge >= 0.3 is 0 Å². The van der Waals surface area contributed by atoms with Crippen LogP contribution in [0, 0.1) is 3.57 Å². The van der Waals surface area contributed by atoms with E-state index in [2.05, 4.69) is 38.5 Å². The summed E-state index contributed by atoms with van der Waals surface area (Å²) >= 11 is 25.4. The molecule has 0 aliphatic carbocycles. The first-order valence-electron chi connectivity index (χ1n) is 7.54. The standard InChI is InChI=1S/C17H15Cl3IN3O2S/c1-26-13-4-2-3-10(9-13)14(25)23-15(17(18,19)20)24-16(27)22-12-7-5-11(21)6-8-12/h2-9,15H,1H3,(H,23,25)(H2,22,24,27). The number of nitrogens with one attached hydrogen (secondary N) is 3. The van der Waals surface area contributed by atoms with Gasteiger partial charge in [0.1, 0.15) is 11.9 Å². The Hall–Kier alpha value is -1.000. The molecule has 2 aromatic rings. The van der Waals surface area contributed by atoms with Gasteiger partial charge in [-0.15, -0.1) is 0 Å². The van der Waals surface area contributed by atoms with Gasteiger partial charge in [0.05, 0.1) is 7.11 Å². The number of carbonyl (C=O) groups is 1. The largest absolute Gasteiger partial charge is 0.497 e. The second-order valence-electron chi connectivity index (χ2n) is 5.29. The monoisotopic (exact) mass is 557 g/mol. The zero-order valence-electron chi connectivity index (χ0n) is 13.9. The number of amides is 1. The van der Waals surface area contributed by atoms with E-state index in [9.17, 15) is 4.79 Å². The van der Waals surface area contributed by atoms with Crippen LogP contribution in [0.4, 0.5) is 5.69 Å². The van der Waals surface area contributed by atoms with E-state index in [0.29, 0.717) is 11.3 Å². The van der Waals surface area contributed by atoms with Gasteiger partial charge in [-0.05, 0) is 77.3 Å². The molecule has 0 bridgehead atoms. The second-order valence-corrected chi connectivity index (χ2v) is 9.31. The molecule has 0 aliphatic heterocycles. The molecule has 1 unspecified atom stereocenters. The van der Waals surface area contributed by atoms with Crippen LogP contribution in [0.3, 0.4) is 0 Å². The number of halogens is 4. The van der Waals surface area contributed by atoms with Crippen LogP contribution >= 0.6 is 69.6 Å². The molecule has 0 aliphatic rings. The van der Waals surface area contributed by atoms with E-state index < -0.39 is 15.9 Å². The predicted molar refractivity (Wildman–Crippen MR) is 123 cm³/mol. The fourth-order valence-electron chi connectivity index (χ4n) is 2.01. The third kappa shape index (κ3) is 7.15. The third-order valence-corrected chi connectivity index (χ3v) is 4.91. The van der Waals surface area contributed by atoms with Crippen molar-refractivity contribution in [2.75, 3.05) is 12.4 Å². The van der Waals surface area contributed by atoms with Crippen LogP contribution in [0.15, 0.2) is 48.5 Å².